The van der Waals surface area contributed by atoms with Crippen LogP contribution in [0.4, 0.5) is 5.69 Å². The van der Waals surface area contributed by atoms with Crippen LogP contribution in [0.5, 0.6) is 0 Å². The van der Waals surface area contributed by atoms with Crippen LogP contribution in [0.15, 0.2) is 43.5 Å². The number of amides is 3. The minimum absolute atomic E-state index is 0.0721. The van der Waals surface area contributed by atoms with Crippen molar-refractivity contribution < 1.29 is 24.2 Å². The van der Waals surface area contributed by atoms with E-state index >= 15 is 4.79 Å². The number of ether oxygens (including phenoxy) is 1. The molecule has 3 unspecified atom stereocenters. The van der Waals surface area contributed by atoms with Crippen LogP contribution in [0.25, 0.3) is 0 Å². The Balaban J connectivity index is 1.94. The van der Waals surface area contributed by atoms with Crippen molar-refractivity contribution in [3.8, 4) is 0 Å². The number of benzene rings is 1. The number of likely N-dealkylation sites (tertiary alicyclic amines) is 1. The molecule has 43 heavy (non-hydrogen) atoms. The number of aliphatic hydroxyl groups is 1. The first-order valence-corrected chi connectivity index (χ1v) is 15.9. The number of anilines is 1. The van der Waals surface area contributed by atoms with E-state index in [4.69, 9.17) is 4.74 Å². The average molecular weight is 594 g/mol. The molecule has 0 aliphatic carbocycles. The fourth-order valence-electron chi connectivity index (χ4n) is 8.22. The van der Waals surface area contributed by atoms with Gasteiger partial charge in [-0.15, -0.1) is 13.2 Å². The van der Waals surface area contributed by atoms with Gasteiger partial charge in [0.25, 0.3) is 5.91 Å². The standard InChI is InChI=1S/C35H51N3O5/c1-10-17-36(18-11-2)31(40)27-28-32(41)38(26(21-39)22(5)13-4)30(35(28)20-25(8)34(27,9)43-35)33(42)37(19-12-3)29-23(6)15-14-16-24(29)7/h10,12,14-16,22,25-28,30,39H,1,3,11,13,17-21H2,2,4-9H3/t22-,25?,26-,27+,28-,30?,34-,35?/m0/s1. The van der Waals surface area contributed by atoms with Crippen LogP contribution in [0, 0.1) is 37.5 Å². The summed E-state index contributed by atoms with van der Waals surface area (Å²) in [5.41, 5.74) is 0.535. The summed E-state index contributed by atoms with van der Waals surface area (Å²) in [6.45, 7) is 22.6. The van der Waals surface area contributed by atoms with Crippen LogP contribution in [0.1, 0.15) is 65.0 Å². The Kier molecular flexibility index (Phi) is 9.62. The number of carbonyl (C=O) groups excluding carboxylic acids is 3. The van der Waals surface area contributed by atoms with Crippen molar-refractivity contribution >= 4 is 23.4 Å². The Morgan fingerprint density at radius 2 is 1.79 bits per heavy atom. The van der Waals surface area contributed by atoms with Crippen LogP contribution < -0.4 is 4.90 Å². The second-order valence-corrected chi connectivity index (χ2v) is 13.1. The normalized spacial score (nSPS) is 30.6. The minimum atomic E-state index is -1.20. The summed E-state index contributed by atoms with van der Waals surface area (Å²) >= 11 is 0. The topological polar surface area (TPSA) is 90.4 Å². The highest BCUT2D eigenvalue weighted by Gasteiger charge is 2.80. The van der Waals surface area contributed by atoms with Crippen molar-refractivity contribution in [2.75, 3.05) is 31.1 Å². The average Bonchev–Trinajstić information content (AvgIpc) is 3.48. The highest BCUT2D eigenvalue weighted by molar-refractivity contribution is 6.06. The first kappa shape index (κ1) is 32.9. The van der Waals surface area contributed by atoms with Gasteiger partial charge in [-0.3, -0.25) is 14.4 Å². The van der Waals surface area contributed by atoms with E-state index in [-0.39, 0.29) is 42.7 Å². The quantitative estimate of drug-likeness (QED) is 0.336. The zero-order valence-corrected chi connectivity index (χ0v) is 27.1. The second-order valence-electron chi connectivity index (χ2n) is 13.1. The van der Waals surface area contributed by atoms with Crippen molar-refractivity contribution in [3.05, 3.63) is 54.6 Å². The summed E-state index contributed by atoms with van der Waals surface area (Å²) in [7, 11) is 0. The number of carbonyl (C=O) groups is 3. The zero-order chi connectivity index (χ0) is 31.9. The molecule has 1 spiro atoms. The summed E-state index contributed by atoms with van der Waals surface area (Å²) in [5.74, 6) is -2.41. The molecule has 0 saturated carbocycles. The highest BCUT2D eigenvalue weighted by atomic mass is 16.5. The van der Waals surface area contributed by atoms with Crippen LogP contribution in [0.3, 0.4) is 0 Å². The molecule has 3 heterocycles. The Morgan fingerprint density at radius 3 is 2.33 bits per heavy atom. The van der Waals surface area contributed by atoms with Crippen LogP contribution in [-0.2, 0) is 19.1 Å². The Bertz CT molecular complexity index is 1240. The van der Waals surface area contributed by atoms with E-state index in [1.807, 2.05) is 59.7 Å². The molecule has 0 aromatic heterocycles. The highest BCUT2D eigenvalue weighted by Crippen LogP contribution is 2.66. The van der Waals surface area contributed by atoms with Crippen molar-refractivity contribution in [1.82, 2.24) is 9.80 Å². The van der Waals surface area contributed by atoms with Crippen LogP contribution in [-0.4, -0.2) is 82.2 Å². The molecule has 3 aliphatic rings. The van der Waals surface area contributed by atoms with Gasteiger partial charge < -0.3 is 24.5 Å². The van der Waals surface area contributed by atoms with Gasteiger partial charge in [-0.25, -0.2) is 0 Å². The smallest absolute Gasteiger partial charge is 0.253 e. The Labute approximate surface area is 257 Å². The van der Waals surface area contributed by atoms with Crippen molar-refractivity contribution in [2.24, 2.45) is 23.7 Å². The lowest BCUT2D eigenvalue weighted by Gasteiger charge is -2.41. The maximum Gasteiger partial charge on any atom is 0.253 e. The number of aryl methyl sites for hydroxylation is 2. The number of hydrogen-bond donors (Lipinski definition) is 1. The van der Waals surface area contributed by atoms with Gasteiger partial charge >= 0.3 is 0 Å². The third kappa shape index (κ3) is 5.04. The summed E-state index contributed by atoms with van der Waals surface area (Å²) < 4.78 is 7.00. The van der Waals surface area contributed by atoms with E-state index in [2.05, 4.69) is 20.1 Å². The van der Waals surface area contributed by atoms with E-state index in [0.717, 1.165) is 23.2 Å². The lowest BCUT2D eigenvalue weighted by atomic mass is 9.62. The molecule has 8 heteroatoms. The third-order valence-corrected chi connectivity index (χ3v) is 10.5. The molecule has 3 amide bonds. The molecule has 2 bridgehead atoms. The first-order chi connectivity index (χ1) is 20.4. The zero-order valence-electron chi connectivity index (χ0n) is 27.1. The molecule has 8 nitrogen and oxygen atoms in total. The summed E-state index contributed by atoms with van der Waals surface area (Å²) in [4.78, 5) is 49.4. The van der Waals surface area contributed by atoms with Gasteiger partial charge in [0.2, 0.25) is 11.8 Å². The fraction of sp³-hybridized carbons (Fsp3) is 0.629. The molecule has 3 fully saturated rings. The van der Waals surface area contributed by atoms with Crippen molar-refractivity contribution in [3.63, 3.8) is 0 Å². The van der Waals surface area contributed by atoms with E-state index in [1.165, 1.54) is 0 Å². The Morgan fingerprint density at radius 1 is 1.16 bits per heavy atom. The number of para-hydroxylation sites is 1. The lowest BCUT2D eigenvalue weighted by Crippen LogP contribution is -2.60. The first-order valence-electron chi connectivity index (χ1n) is 15.9. The molecule has 1 N–H and O–H groups in total. The van der Waals surface area contributed by atoms with Crippen molar-refractivity contribution in [2.45, 2.75) is 91.0 Å². The maximum atomic E-state index is 15.1. The monoisotopic (exact) mass is 593 g/mol. The minimum Gasteiger partial charge on any atom is -0.394 e. The molecule has 8 atom stereocenters. The largest absolute Gasteiger partial charge is 0.394 e. The second kappa shape index (κ2) is 12.6. The van der Waals surface area contributed by atoms with Crippen LogP contribution in [0.2, 0.25) is 0 Å². The summed E-state index contributed by atoms with van der Waals surface area (Å²) in [5, 5.41) is 10.7. The molecule has 236 valence electrons. The molecule has 3 aliphatic heterocycles. The summed E-state index contributed by atoms with van der Waals surface area (Å²) in [6.07, 6.45) is 5.35. The SMILES string of the molecule is C=CCN(CCC)C(=O)[C@H]1[C@H]2C(=O)N([C@@H](CO)[C@@H](C)CC)C(C(=O)N(CC=C)c3c(C)cccc3C)C23CC(C)[C@]1(C)O3. The van der Waals surface area contributed by atoms with Gasteiger partial charge in [0, 0.05) is 25.3 Å². The predicted molar refractivity (Wildman–Crippen MR) is 169 cm³/mol. The third-order valence-electron chi connectivity index (χ3n) is 10.5. The van der Waals surface area contributed by atoms with Gasteiger partial charge in [0.1, 0.15) is 11.6 Å². The Hall–Kier alpha value is -2.97. The van der Waals surface area contributed by atoms with Gasteiger partial charge in [0.15, 0.2) is 0 Å². The molecule has 0 radical (unpaired) electrons. The predicted octanol–water partition coefficient (Wildman–Crippen LogP) is 4.66. The number of aliphatic hydroxyl groups excluding tert-OH is 1. The number of rotatable bonds is 13. The van der Waals surface area contributed by atoms with Gasteiger partial charge in [-0.1, -0.05) is 64.5 Å². The number of fused-ring (bicyclic) bond motifs is 1. The van der Waals surface area contributed by atoms with E-state index in [0.29, 0.717) is 25.9 Å². The van der Waals surface area contributed by atoms with Gasteiger partial charge in [-0.2, -0.15) is 0 Å². The molecule has 4 rings (SSSR count). The number of hydrogen-bond acceptors (Lipinski definition) is 5. The maximum absolute atomic E-state index is 15.1. The molecule has 1 aromatic carbocycles. The van der Waals surface area contributed by atoms with Gasteiger partial charge in [0.05, 0.1) is 30.1 Å². The van der Waals surface area contributed by atoms with E-state index < -0.39 is 35.1 Å². The van der Waals surface area contributed by atoms with Crippen molar-refractivity contribution in [1.29, 1.82) is 0 Å². The molecular formula is C35H51N3O5. The molecule has 1 aromatic rings. The van der Waals surface area contributed by atoms with Crippen LogP contribution >= 0.6 is 0 Å². The number of nitrogens with zero attached hydrogens (tertiary/aromatic N) is 3. The summed E-state index contributed by atoms with van der Waals surface area (Å²) in [6, 6.07) is 4.29. The van der Waals surface area contributed by atoms with Gasteiger partial charge in [-0.05, 0) is 56.6 Å². The van der Waals surface area contributed by atoms with E-state index in [9.17, 15) is 14.7 Å². The molecular weight excluding hydrogens is 542 g/mol. The molecule has 3 saturated heterocycles. The van der Waals surface area contributed by atoms with E-state index in [1.54, 1.807) is 26.9 Å². The fourth-order valence-corrected chi connectivity index (χ4v) is 8.22. The lowest BCUT2D eigenvalue weighted by molar-refractivity contribution is -0.154.